The van der Waals surface area contributed by atoms with E-state index in [2.05, 4.69) is 52.3 Å². The molecule has 0 radical (unpaired) electrons. The molecule has 0 saturated carbocycles. The third-order valence-corrected chi connectivity index (χ3v) is 4.59. The van der Waals surface area contributed by atoms with Crippen LogP contribution in [0.25, 0.3) is 6.08 Å². The zero-order valence-corrected chi connectivity index (χ0v) is 15.4. The topological polar surface area (TPSA) is 17.1 Å². The second kappa shape index (κ2) is 8.59. The minimum atomic E-state index is 0.0490. The van der Waals surface area contributed by atoms with Crippen LogP contribution in [0.3, 0.4) is 0 Å². The molecule has 0 aliphatic heterocycles. The Balaban J connectivity index is 1.84. The van der Waals surface area contributed by atoms with Crippen molar-refractivity contribution in [3.63, 3.8) is 0 Å². The van der Waals surface area contributed by atoms with Crippen LogP contribution in [0.5, 0.6) is 0 Å². The summed E-state index contributed by atoms with van der Waals surface area (Å²) < 4.78 is 0.925. The molecule has 0 heterocycles. The lowest BCUT2D eigenvalue weighted by Crippen LogP contribution is -2.06. The number of hydrogen-bond acceptors (Lipinski definition) is 1. The fourth-order valence-electron chi connectivity index (χ4n) is 2.77. The zero-order chi connectivity index (χ0) is 17.5. The van der Waals surface area contributed by atoms with Gasteiger partial charge in [0.15, 0.2) is 5.78 Å². The van der Waals surface area contributed by atoms with Crippen molar-refractivity contribution in [2.45, 2.75) is 12.3 Å². The minimum absolute atomic E-state index is 0.0490. The number of carbonyl (C=O) groups excluding carboxylic acids is 1. The maximum atomic E-state index is 12.7. The normalized spacial score (nSPS) is 12.2. The third kappa shape index (κ3) is 5.01. The average molecular weight is 391 g/mol. The highest BCUT2D eigenvalue weighted by Crippen LogP contribution is 2.25. The van der Waals surface area contributed by atoms with E-state index >= 15 is 0 Å². The van der Waals surface area contributed by atoms with Crippen LogP contribution < -0.4 is 0 Å². The summed E-state index contributed by atoms with van der Waals surface area (Å²) in [5.74, 6) is 0.195. The number of carbonyl (C=O) groups is 1. The summed E-state index contributed by atoms with van der Waals surface area (Å²) >= 11 is 3.44. The number of allylic oxidation sites excluding steroid dienone is 1. The summed E-state index contributed by atoms with van der Waals surface area (Å²) in [6.07, 6.45) is 4.66. The van der Waals surface area contributed by atoms with E-state index in [4.69, 9.17) is 0 Å². The quantitative estimate of drug-likeness (QED) is 0.437. The average Bonchev–Trinajstić information content (AvgIpc) is 2.66. The molecule has 0 amide bonds. The van der Waals surface area contributed by atoms with E-state index in [1.165, 1.54) is 0 Å². The fourth-order valence-corrected chi connectivity index (χ4v) is 3.17. The second-order valence-electron chi connectivity index (χ2n) is 5.92. The molecule has 0 bridgehead atoms. The molecule has 0 aliphatic carbocycles. The van der Waals surface area contributed by atoms with Crippen molar-refractivity contribution >= 4 is 27.8 Å². The van der Waals surface area contributed by atoms with Gasteiger partial charge in [-0.15, -0.1) is 0 Å². The smallest absolute Gasteiger partial charge is 0.163 e. The first-order valence-corrected chi connectivity index (χ1v) is 9.08. The highest BCUT2D eigenvalue weighted by molar-refractivity contribution is 9.10. The molecule has 124 valence electrons. The Labute approximate surface area is 157 Å². The number of ketones is 1. The Hall–Kier alpha value is -2.45. The van der Waals surface area contributed by atoms with Crippen molar-refractivity contribution in [1.29, 1.82) is 0 Å². The van der Waals surface area contributed by atoms with Gasteiger partial charge in [0.1, 0.15) is 0 Å². The second-order valence-corrected chi connectivity index (χ2v) is 6.84. The molecule has 3 aromatic rings. The maximum Gasteiger partial charge on any atom is 0.163 e. The van der Waals surface area contributed by atoms with Gasteiger partial charge in [-0.25, -0.2) is 0 Å². The van der Waals surface area contributed by atoms with Crippen LogP contribution in [-0.2, 0) is 0 Å². The molecule has 3 aromatic carbocycles. The molecule has 0 N–H and O–H groups in total. The van der Waals surface area contributed by atoms with Gasteiger partial charge >= 0.3 is 0 Å². The predicted octanol–water partition coefficient (Wildman–Crippen LogP) is 6.52. The fraction of sp³-hybridized carbons (Fsp3) is 0.0870. The van der Waals surface area contributed by atoms with Crippen LogP contribution in [0, 0.1) is 0 Å². The molecule has 3 rings (SSSR count). The van der Waals surface area contributed by atoms with Crippen molar-refractivity contribution in [1.82, 2.24) is 0 Å². The van der Waals surface area contributed by atoms with Crippen LogP contribution in [0.2, 0.25) is 0 Å². The van der Waals surface area contributed by atoms with Gasteiger partial charge in [0.05, 0.1) is 0 Å². The van der Waals surface area contributed by atoms with Crippen molar-refractivity contribution < 1.29 is 4.79 Å². The first-order chi connectivity index (χ1) is 12.2. The Morgan fingerprint density at radius 1 is 0.880 bits per heavy atom. The molecule has 0 spiro atoms. The van der Waals surface area contributed by atoms with Gasteiger partial charge in [-0.05, 0) is 23.3 Å². The van der Waals surface area contributed by atoms with E-state index < -0.39 is 0 Å². The molecule has 0 aromatic heterocycles. The number of benzene rings is 3. The zero-order valence-electron chi connectivity index (χ0n) is 13.8. The molecule has 0 saturated heterocycles. The molecular weight excluding hydrogens is 372 g/mol. The van der Waals surface area contributed by atoms with Gasteiger partial charge in [0.2, 0.25) is 0 Å². The lowest BCUT2D eigenvalue weighted by atomic mass is 9.90. The SMILES string of the molecule is O=C(CC(/C=C/c1ccccc1)c1ccccc1)c1cccc(Br)c1. The van der Waals surface area contributed by atoms with Crippen LogP contribution >= 0.6 is 15.9 Å². The van der Waals surface area contributed by atoms with Crippen LogP contribution in [0.1, 0.15) is 33.8 Å². The first kappa shape index (κ1) is 17.4. The van der Waals surface area contributed by atoms with Crippen molar-refractivity contribution in [3.05, 3.63) is 112 Å². The van der Waals surface area contributed by atoms with E-state index in [1.54, 1.807) is 0 Å². The van der Waals surface area contributed by atoms with Gasteiger partial charge in [-0.2, -0.15) is 0 Å². The summed E-state index contributed by atoms with van der Waals surface area (Å²) in [6, 6.07) is 27.9. The van der Waals surface area contributed by atoms with E-state index in [-0.39, 0.29) is 11.7 Å². The number of Topliss-reactive ketones (excluding diaryl/α,β-unsaturated/α-hetero) is 1. The first-order valence-electron chi connectivity index (χ1n) is 8.29. The number of halogens is 1. The minimum Gasteiger partial charge on any atom is -0.294 e. The Morgan fingerprint density at radius 3 is 2.24 bits per heavy atom. The summed E-state index contributed by atoms with van der Waals surface area (Å²) in [5.41, 5.74) is 3.03. The molecule has 1 unspecified atom stereocenters. The summed E-state index contributed by atoms with van der Waals surface area (Å²) in [4.78, 5) is 12.7. The van der Waals surface area contributed by atoms with E-state index in [1.807, 2.05) is 60.7 Å². The van der Waals surface area contributed by atoms with Crippen molar-refractivity contribution in [2.24, 2.45) is 0 Å². The molecule has 2 heteroatoms. The molecule has 25 heavy (non-hydrogen) atoms. The van der Waals surface area contributed by atoms with Crippen LogP contribution in [-0.4, -0.2) is 5.78 Å². The maximum absolute atomic E-state index is 12.7. The van der Waals surface area contributed by atoms with Gasteiger partial charge in [-0.3, -0.25) is 4.79 Å². The van der Waals surface area contributed by atoms with E-state index in [0.29, 0.717) is 6.42 Å². The van der Waals surface area contributed by atoms with Gasteiger partial charge in [0, 0.05) is 22.4 Å². The van der Waals surface area contributed by atoms with E-state index in [0.717, 1.165) is 21.2 Å². The third-order valence-electron chi connectivity index (χ3n) is 4.10. The monoisotopic (exact) mass is 390 g/mol. The lowest BCUT2D eigenvalue weighted by Gasteiger charge is -2.13. The molecular formula is C23H19BrO. The lowest BCUT2D eigenvalue weighted by molar-refractivity contribution is 0.0978. The summed E-state index contributed by atoms with van der Waals surface area (Å²) in [5, 5.41) is 0. The van der Waals surface area contributed by atoms with Gasteiger partial charge < -0.3 is 0 Å². The van der Waals surface area contributed by atoms with Crippen LogP contribution in [0.4, 0.5) is 0 Å². The predicted molar refractivity (Wildman–Crippen MR) is 108 cm³/mol. The Morgan fingerprint density at radius 2 is 1.56 bits per heavy atom. The Bertz CT molecular complexity index is 854. The largest absolute Gasteiger partial charge is 0.294 e. The summed E-state index contributed by atoms with van der Waals surface area (Å²) in [7, 11) is 0. The van der Waals surface area contributed by atoms with E-state index in [9.17, 15) is 4.79 Å². The van der Waals surface area contributed by atoms with Gasteiger partial charge in [-0.1, -0.05) is 101 Å². The van der Waals surface area contributed by atoms with Gasteiger partial charge in [0.25, 0.3) is 0 Å². The molecule has 1 atom stereocenters. The Kier molecular flexibility index (Phi) is 5.97. The summed E-state index contributed by atoms with van der Waals surface area (Å²) in [6.45, 7) is 0. The molecule has 1 nitrogen and oxygen atoms in total. The highest BCUT2D eigenvalue weighted by Gasteiger charge is 2.15. The highest BCUT2D eigenvalue weighted by atomic mass is 79.9. The van der Waals surface area contributed by atoms with Crippen molar-refractivity contribution in [3.8, 4) is 0 Å². The number of rotatable bonds is 6. The van der Waals surface area contributed by atoms with Crippen molar-refractivity contribution in [2.75, 3.05) is 0 Å². The molecule has 0 aliphatic rings. The standard InChI is InChI=1S/C23H19BrO/c24-22-13-7-12-21(16-22)23(25)17-20(19-10-5-2-6-11-19)15-14-18-8-3-1-4-9-18/h1-16,20H,17H2/b15-14+. The number of hydrogen-bond donors (Lipinski definition) is 0. The van der Waals surface area contributed by atoms with Crippen LogP contribution in [0.15, 0.2) is 95.5 Å². The molecule has 0 fully saturated rings.